The molecule has 1 saturated heterocycles. The molecular weight excluding hydrogens is 236 g/mol. The summed E-state index contributed by atoms with van der Waals surface area (Å²) < 4.78 is 0. The maximum atomic E-state index is 3.20. The van der Waals surface area contributed by atoms with E-state index in [2.05, 4.69) is 34.1 Å². The van der Waals surface area contributed by atoms with Crippen LogP contribution in [0.3, 0.4) is 0 Å². The molecule has 0 aromatic carbocycles. The Morgan fingerprint density at radius 3 is 3.00 bits per heavy atom. The number of hydrogen-bond donors (Lipinski definition) is 1. The molecule has 0 amide bonds. The van der Waals surface area contributed by atoms with Crippen molar-refractivity contribution >= 4 is 23.1 Å². The van der Waals surface area contributed by atoms with Crippen LogP contribution < -0.4 is 5.32 Å². The zero-order chi connectivity index (χ0) is 11.2. The number of nitrogens with one attached hydrogen (secondary N) is 1. The van der Waals surface area contributed by atoms with Gasteiger partial charge in [-0.25, -0.2) is 0 Å². The second kappa shape index (κ2) is 6.64. The van der Waals surface area contributed by atoms with E-state index in [0.717, 1.165) is 13.1 Å². The van der Waals surface area contributed by atoms with E-state index >= 15 is 0 Å². The molecule has 1 fully saturated rings. The van der Waals surface area contributed by atoms with Crippen LogP contribution in [0.5, 0.6) is 0 Å². The Labute approximate surface area is 106 Å². The minimum Gasteiger partial charge on any atom is -0.315 e. The summed E-state index contributed by atoms with van der Waals surface area (Å²) in [6.07, 6.45) is 1.35. The number of hydrogen-bond acceptors (Lipinski definition) is 4. The smallest absolute Gasteiger partial charge is 0.0328 e. The van der Waals surface area contributed by atoms with E-state index in [-0.39, 0.29) is 0 Å². The molecule has 1 aromatic rings. The molecular formula is C12H20N2S2. The maximum absolute atomic E-state index is 3.20. The quantitative estimate of drug-likeness (QED) is 0.890. The average Bonchev–Trinajstić information content (AvgIpc) is 2.56. The Kier molecular flexibility index (Phi) is 5.16. The summed E-state index contributed by atoms with van der Waals surface area (Å²) in [5.41, 5.74) is 0. The van der Waals surface area contributed by atoms with E-state index in [4.69, 9.17) is 0 Å². The molecule has 1 aromatic heterocycles. The molecule has 90 valence electrons. The standard InChI is InChI=1S/C12H20N2S2/c1-13-9-11-3-4-12(16-11)10-14-5-2-7-15-8-6-14/h3-4,13H,2,5-10H2,1H3. The lowest BCUT2D eigenvalue weighted by molar-refractivity contribution is 0.290. The van der Waals surface area contributed by atoms with E-state index in [1.807, 2.05) is 18.4 Å². The Morgan fingerprint density at radius 1 is 1.25 bits per heavy atom. The van der Waals surface area contributed by atoms with Crippen LogP contribution in [-0.4, -0.2) is 36.5 Å². The molecule has 2 rings (SSSR count). The van der Waals surface area contributed by atoms with E-state index in [1.165, 1.54) is 40.8 Å². The van der Waals surface area contributed by atoms with Gasteiger partial charge < -0.3 is 5.32 Å². The molecule has 0 unspecified atom stereocenters. The molecule has 4 heteroatoms. The highest BCUT2D eigenvalue weighted by atomic mass is 32.2. The third kappa shape index (κ3) is 3.77. The normalized spacial score (nSPS) is 18.6. The van der Waals surface area contributed by atoms with E-state index in [0.29, 0.717) is 0 Å². The van der Waals surface area contributed by atoms with Gasteiger partial charge in [0, 0.05) is 35.1 Å². The van der Waals surface area contributed by atoms with Gasteiger partial charge in [0.2, 0.25) is 0 Å². The first-order valence-electron chi connectivity index (χ1n) is 5.91. The van der Waals surface area contributed by atoms with Gasteiger partial charge in [0.25, 0.3) is 0 Å². The van der Waals surface area contributed by atoms with E-state index in [9.17, 15) is 0 Å². The van der Waals surface area contributed by atoms with Crippen molar-refractivity contribution < 1.29 is 0 Å². The fourth-order valence-electron chi connectivity index (χ4n) is 1.95. The van der Waals surface area contributed by atoms with Crippen LogP contribution in [-0.2, 0) is 13.1 Å². The van der Waals surface area contributed by atoms with Crippen LogP contribution in [0.25, 0.3) is 0 Å². The van der Waals surface area contributed by atoms with Gasteiger partial charge in [-0.2, -0.15) is 11.8 Å². The molecule has 0 radical (unpaired) electrons. The molecule has 0 spiro atoms. The van der Waals surface area contributed by atoms with Crippen LogP contribution in [0.15, 0.2) is 12.1 Å². The Bertz CT molecular complexity index is 304. The summed E-state index contributed by atoms with van der Waals surface area (Å²) in [6, 6.07) is 4.54. The molecule has 1 N–H and O–H groups in total. The van der Waals surface area contributed by atoms with Gasteiger partial charge in [-0.1, -0.05) is 0 Å². The van der Waals surface area contributed by atoms with Crippen LogP contribution in [0.1, 0.15) is 16.2 Å². The van der Waals surface area contributed by atoms with Crippen molar-refractivity contribution in [1.29, 1.82) is 0 Å². The minimum absolute atomic E-state index is 1.00. The van der Waals surface area contributed by atoms with Crippen molar-refractivity contribution in [3.05, 3.63) is 21.9 Å². The summed E-state index contributed by atoms with van der Waals surface area (Å²) in [7, 11) is 2.01. The van der Waals surface area contributed by atoms with Crippen molar-refractivity contribution in [2.45, 2.75) is 19.5 Å². The second-order valence-electron chi connectivity index (χ2n) is 4.14. The topological polar surface area (TPSA) is 15.3 Å². The Hall–Kier alpha value is -0.0300. The van der Waals surface area contributed by atoms with Gasteiger partial charge in [-0.15, -0.1) is 11.3 Å². The molecule has 16 heavy (non-hydrogen) atoms. The summed E-state index contributed by atoms with van der Waals surface area (Å²) >= 11 is 4.04. The van der Waals surface area contributed by atoms with Crippen molar-refractivity contribution in [2.75, 3.05) is 31.6 Å². The summed E-state index contributed by atoms with van der Waals surface area (Å²) in [5.74, 6) is 2.64. The molecule has 0 saturated carbocycles. The highest BCUT2D eigenvalue weighted by Gasteiger charge is 2.10. The zero-order valence-electron chi connectivity index (χ0n) is 9.87. The predicted octanol–water partition coefficient (Wildman–Crippen LogP) is 2.41. The minimum atomic E-state index is 1.00. The summed E-state index contributed by atoms with van der Waals surface area (Å²) in [5, 5.41) is 3.20. The van der Waals surface area contributed by atoms with E-state index < -0.39 is 0 Å². The largest absolute Gasteiger partial charge is 0.315 e. The number of thiophene rings is 1. The van der Waals surface area contributed by atoms with Gasteiger partial charge in [0.1, 0.15) is 0 Å². The highest BCUT2D eigenvalue weighted by molar-refractivity contribution is 7.99. The third-order valence-corrected chi connectivity index (χ3v) is 4.88. The first-order chi connectivity index (χ1) is 7.88. The van der Waals surface area contributed by atoms with Crippen LogP contribution in [0, 0.1) is 0 Å². The highest BCUT2D eigenvalue weighted by Crippen LogP contribution is 2.20. The molecule has 1 aliphatic rings. The van der Waals surface area contributed by atoms with Gasteiger partial charge in [0.05, 0.1) is 0 Å². The number of nitrogens with zero attached hydrogens (tertiary/aromatic N) is 1. The van der Waals surface area contributed by atoms with E-state index in [1.54, 1.807) is 0 Å². The number of thioether (sulfide) groups is 1. The van der Waals surface area contributed by atoms with Crippen molar-refractivity contribution in [3.8, 4) is 0 Å². The first-order valence-corrected chi connectivity index (χ1v) is 7.88. The molecule has 0 atom stereocenters. The average molecular weight is 256 g/mol. The first kappa shape index (κ1) is 12.4. The molecule has 0 aliphatic carbocycles. The fraction of sp³-hybridized carbons (Fsp3) is 0.667. The van der Waals surface area contributed by atoms with Crippen LogP contribution >= 0.6 is 23.1 Å². The van der Waals surface area contributed by atoms with Crippen LogP contribution in [0.2, 0.25) is 0 Å². The molecule has 0 bridgehead atoms. The lowest BCUT2D eigenvalue weighted by Gasteiger charge is -2.18. The maximum Gasteiger partial charge on any atom is 0.0328 e. The lowest BCUT2D eigenvalue weighted by Crippen LogP contribution is -2.24. The third-order valence-electron chi connectivity index (χ3n) is 2.76. The lowest BCUT2D eigenvalue weighted by atomic mass is 10.3. The summed E-state index contributed by atoms with van der Waals surface area (Å²) in [6.45, 7) is 4.67. The summed E-state index contributed by atoms with van der Waals surface area (Å²) in [4.78, 5) is 5.55. The second-order valence-corrected chi connectivity index (χ2v) is 6.62. The van der Waals surface area contributed by atoms with Crippen LogP contribution in [0.4, 0.5) is 0 Å². The molecule has 2 heterocycles. The Balaban J connectivity index is 1.86. The number of rotatable bonds is 4. The van der Waals surface area contributed by atoms with Gasteiger partial charge in [-0.3, -0.25) is 4.90 Å². The van der Waals surface area contributed by atoms with Gasteiger partial charge in [-0.05, 0) is 37.9 Å². The van der Waals surface area contributed by atoms with Gasteiger partial charge >= 0.3 is 0 Å². The predicted molar refractivity (Wildman–Crippen MR) is 74.3 cm³/mol. The van der Waals surface area contributed by atoms with Crippen molar-refractivity contribution in [3.63, 3.8) is 0 Å². The van der Waals surface area contributed by atoms with Gasteiger partial charge in [0.15, 0.2) is 0 Å². The zero-order valence-corrected chi connectivity index (χ0v) is 11.5. The van der Waals surface area contributed by atoms with Crippen molar-refractivity contribution in [2.24, 2.45) is 0 Å². The molecule has 1 aliphatic heterocycles. The monoisotopic (exact) mass is 256 g/mol. The Morgan fingerprint density at radius 2 is 2.12 bits per heavy atom. The van der Waals surface area contributed by atoms with Crippen molar-refractivity contribution in [1.82, 2.24) is 10.2 Å². The SMILES string of the molecule is CNCc1ccc(CN2CCCSCC2)s1. The molecule has 2 nitrogen and oxygen atoms in total. The fourth-order valence-corrected chi connectivity index (χ4v) is 3.95.